The van der Waals surface area contributed by atoms with E-state index >= 15 is 0 Å². The molecule has 4 nitrogen and oxygen atoms in total. The molecule has 1 fully saturated rings. The number of ether oxygens (including phenoxy) is 1. The molecule has 0 radical (unpaired) electrons. The van der Waals surface area contributed by atoms with Crippen LogP contribution < -0.4 is 0 Å². The minimum absolute atomic E-state index is 0.0240. The van der Waals surface area contributed by atoms with Gasteiger partial charge in [0.2, 0.25) is 10.0 Å². The van der Waals surface area contributed by atoms with Gasteiger partial charge in [-0.1, -0.05) is 0 Å². The van der Waals surface area contributed by atoms with Crippen LogP contribution in [0.4, 0.5) is 0 Å². The second-order valence-electron chi connectivity index (χ2n) is 4.75. The molecule has 0 amide bonds. The van der Waals surface area contributed by atoms with Crippen LogP contribution in [0.15, 0.2) is 14.7 Å². The van der Waals surface area contributed by atoms with Crippen molar-refractivity contribution in [2.45, 2.75) is 37.2 Å². The van der Waals surface area contributed by atoms with Crippen molar-refractivity contribution in [3.63, 3.8) is 0 Å². The Bertz CT molecular complexity index is 535. The van der Waals surface area contributed by atoms with Gasteiger partial charge in [-0.05, 0) is 48.2 Å². The van der Waals surface area contributed by atoms with E-state index in [9.17, 15) is 8.42 Å². The predicted molar refractivity (Wildman–Crippen MR) is 80.2 cm³/mol. The number of nitrogens with zero attached hydrogens (tertiary/aromatic N) is 1. The fourth-order valence-electron chi connectivity index (χ4n) is 2.19. The van der Waals surface area contributed by atoms with Gasteiger partial charge in [0, 0.05) is 25.1 Å². The van der Waals surface area contributed by atoms with Crippen LogP contribution in [0.25, 0.3) is 0 Å². The first-order valence-corrected chi connectivity index (χ1v) is 9.30. The molecule has 0 spiro atoms. The lowest BCUT2D eigenvalue weighted by atomic mass is 10.1. The van der Waals surface area contributed by atoms with Gasteiger partial charge in [-0.15, -0.1) is 11.3 Å². The van der Waals surface area contributed by atoms with E-state index in [1.807, 2.05) is 6.92 Å². The van der Waals surface area contributed by atoms with E-state index in [1.54, 1.807) is 13.1 Å². The van der Waals surface area contributed by atoms with Crippen molar-refractivity contribution in [3.8, 4) is 0 Å². The molecule has 0 bridgehead atoms. The molecule has 1 unspecified atom stereocenters. The monoisotopic (exact) mass is 367 g/mol. The molecular weight excluding hydrogens is 350 g/mol. The van der Waals surface area contributed by atoms with Crippen molar-refractivity contribution in [2.75, 3.05) is 20.2 Å². The van der Waals surface area contributed by atoms with Gasteiger partial charge >= 0.3 is 0 Å². The van der Waals surface area contributed by atoms with E-state index < -0.39 is 10.0 Å². The van der Waals surface area contributed by atoms with Crippen LogP contribution in [0.1, 0.15) is 24.1 Å². The number of thiophene rings is 1. The zero-order valence-corrected chi connectivity index (χ0v) is 14.3. The molecule has 108 valence electrons. The molecule has 1 atom stereocenters. The van der Waals surface area contributed by atoms with Gasteiger partial charge < -0.3 is 4.74 Å². The molecule has 2 heterocycles. The lowest BCUT2D eigenvalue weighted by molar-refractivity contribution is 0.00858. The molecule has 1 aliphatic rings. The summed E-state index contributed by atoms with van der Waals surface area (Å²) in [7, 11) is -1.79. The largest absolute Gasteiger partial charge is 0.377 e. The number of rotatable bonds is 4. The average Bonchev–Trinajstić information content (AvgIpc) is 2.70. The van der Waals surface area contributed by atoms with Crippen LogP contribution in [-0.2, 0) is 14.8 Å². The highest BCUT2D eigenvalue weighted by Crippen LogP contribution is 2.31. The van der Waals surface area contributed by atoms with Crippen molar-refractivity contribution < 1.29 is 13.2 Å². The second-order valence-corrected chi connectivity index (χ2v) is 9.39. The molecule has 0 N–H and O–H groups in total. The Labute approximate surface area is 126 Å². The summed E-state index contributed by atoms with van der Waals surface area (Å²) < 4.78 is 32.8. The smallest absolute Gasteiger partial charge is 0.244 e. The van der Waals surface area contributed by atoms with Crippen molar-refractivity contribution >= 4 is 37.3 Å². The molecule has 0 saturated carbocycles. The normalized spacial score (nSPS) is 20.9. The zero-order valence-electron chi connectivity index (χ0n) is 11.1. The van der Waals surface area contributed by atoms with Gasteiger partial charge in [0.15, 0.2) is 0 Å². The van der Waals surface area contributed by atoms with E-state index in [0.29, 0.717) is 11.4 Å². The van der Waals surface area contributed by atoms with Crippen molar-refractivity contribution in [3.05, 3.63) is 14.7 Å². The third-order valence-corrected chi connectivity index (χ3v) is 6.90. The van der Waals surface area contributed by atoms with Crippen LogP contribution in [0.5, 0.6) is 0 Å². The van der Waals surface area contributed by atoms with Crippen molar-refractivity contribution in [1.82, 2.24) is 4.31 Å². The summed E-state index contributed by atoms with van der Waals surface area (Å²) in [6.07, 6.45) is 3.15. The predicted octanol–water partition coefficient (Wildman–Crippen LogP) is 3.01. The minimum Gasteiger partial charge on any atom is -0.377 e. The van der Waals surface area contributed by atoms with Crippen LogP contribution >= 0.6 is 27.3 Å². The summed E-state index contributed by atoms with van der Waals surface area (Å²) in [4.78, 5) is 1.20. The number of halogens is 1. The van der Waals surface area contributed by atoms with Gasteiger partial charge in [-0.3, -0.25) is 0 Å². The molecular formula is C12H18BrNO3S2. The van der Waals surface area contributed by atoms with Crippen LogP contribution in [0, 0.1) is 6.92 Å². The third kappa shape index (κ3) is 3.58. The summed E-state index contributed by atoms with van der Waals surface area (Å²) >= 11 is 4.77. The number of hydrogen-bond donors (Lipinski definition) is 0. The number of sulfonamides is 1. The fraction of sp³-hybridized carbons (Fsp3) is 0.667. The average molecular weight is 368 g/mol. The van der Waals surface area contributed by atoms with Gasteiger partial charge in [0.05, 0.1) is 14.8 Å². The number of hydrogen-bond acceptors (Lipinski definition) is 4. The third-order valence-electron chi connectivity index (χ3n) is 3.27. The molecule has 1 saturated heterocycles. The molecule has 19 heavy (non-hydrogen) atoms. The Balaban J connectivity index is 2.12. The summed E-state index contributed by atoms with van der Waals surface area (Å²) in [6, 6.07) is 1.67. The molecule has 1 aromatic heterocycles. The Morgan fingerprint density at radius 1 is 1.53 bits per heavy atom. The highest BCUT2D eigenvalue weighted by atomic mass is 79.9. The van der Waals surface area contributed by atoms with Gasteiger partial charge in [0.1, 0.15) is 0 Å². The van der Waals surface area contributed by atoms with Gasteiger partial charge in [-0.2, -0.15) is 4.31 Å². The molecule has 0 aliphatic carbocycles. The highest BCUT2D eigenvalue weighted by Gasteiger charge is 2.27. The number of likely N-dealkylation sites (N-methyl/N-ethyl adjacent to an activating group) is 1. The molecule has 1 aliphatic heterocycles. The quantitative estimate of drug-likeness (QED) is 0.821. The first-order chi connectivity index (χ1) is 8.91. The van der Waals surface area contributed by atoms with Crippen molar-refractivity contribution in [1.29, 1.82) is 0 Å². The summed E-state index contributed by atoms with van der Waals surface area (Å²) in [5, 5.41) is 0. The lowest BCUT2D eigenvalue weighted by Gasteiger charge is -2.27. The van der Waals surface area contributed by atoms with E-state index in [0.717, 1.165) is 34.5 Å². The topological polar surface area (TPSA) is 46.6 Å². The summed E-state index contributed by atoms with van der Waals surface area (Å²) in [5.41, 5.74) is 0. The summed E-state index contributed by atoms with van der Waals surface area (Å²) in [5.74, 6) is 0. The van der Waals surface area contributed by atoms with Gasteiger partial charge in [0.25, 0.3) is 0 Å². The van der Waals surface area contributed by atoms with Crippen LogP contribution in [0.3, 0.4) is 0 Å². The maximum Gasteiger partial charge on any atom is 0.244 e. The maximum absolute atomic E-state index is 12.5. The maximum atomic E-state index is 12.5. The Morgan fingerprint density at radius 2 is 2.26 bits per heavy atom. The van der Waals surface area contributed by atoms with E-state index in [2.05, 4.69) is 15.9 Å². The second kappa shape index (κ2) is 6.22. The Morgan fingerprint density at radius 3 is 2.79 bits per heavy atom. The zero-order chi connectivity index (χ0) is 14.0. The highest BCUT2D eigenvalue weighted by molar-refractivity contribution is 9.11. The SMILES string of the molecule is Cc1sc(Br)cc1S(=O)(=O)N(C)CC1CCCCO1. The first-order valence-electron chi connectivity index (χ1n) is 6.25. The van der Waals surface area contributed by atoms with Crippen molar-refractivity contribution in [2.24, 2.45) is 0 Å². The standard InChI is InChI=1S/C12H18BrNO3S2/c1-9-11(7-12(13)18-9)19(15,16)14(2)8-10-5-3-4-6-17-10/h7,10H,3-6,8H2,1-2H3. The molecule has 2 rings (SSSR count). The molecule has 0 aromatic carbocycles. The lowest BCUT2D eigenvalue weighted by Crippen LogP contribution is -2.37. The molecule has 7 heteroatoms. The first kappa shape index (κ1) is 15.4. The van der Waals surface area contributed by atoms with Gasteiger partial charge in [-0.25, -0.2) is 8.42 Å². The van der Waals surface area contributed by atoms with Crippen LogP contribution in [0.2, 0.25) is 0 Å². The Hall–Kier alpha value is 0.0500. The van der Waals surface area contributed by atoms with Crippen LogP contribution in [-0.4, -0.2) is 39.0 Å². The fourth-order valence-corrected chi connectivity index (χ4v) is 5.77. The molecule has 1 aromatic rings. The van der Waals surface area contributed by atoms with E-state index in [1.165, 1.54) is 15.6 Å². The van der Waals surface area contributed by atoms with E-state index in [-0.39, 0.29) is 6.10 Å². The number of aryl methyl sites for hydroxylation is 1. The van der Waals surface area contributed by atoms with E-state index in [4.69, 9.17) is 4.74 Å². The summed E-state index contributed by atoms with van der Waals surface area (Å²) in [6.45, 7) is 2.99. The Kier molecular flexibility index (Phi) is 5.05. The minimum atomic E-state index is -3.41.